The SMILES string of the molecule is COCCCS(=O)c1ncc(C(C)(C)C)s1. The molecule has 0 aliphatic rings. The van der Waals surface area contributed by atoms with Crippen LogP contribution in [0.25, 0.3) is 0 Å². The van der Waals surface area contributed by atoms with E-state index in [9.17, 15) is 4.21 Å². The van der Waals surface area contributed by atoms with Crippen molar-refractivity contribution < 1.29 is 8.95 Å². The number of methoxy groups -OCH3 is 1. The van der Waals surface area contributed by atoms with E-state index in [1.165, 1.54) is 4.88 Å². The molecule has 0 aromatic carbocycles. The maximum absolute atomic E-state index is 11.9. The first-order valence-electron chi connectivity index (χ1n) is 5.29. The number of nitrogens with zero attached hydrogens (tertiary/aromatic N) is 1. The first kappa shape index (κ1) is 13.8. The average Bonchev–Trinajstić information content (AvgIpc) is 2.66. The molecule has 1 unspecified atom stereocenters. The van der Waals surface area contributed by atoms with Crippen LogP contribution < -0.4 is 0 Å². The minimum Gasteiger partial charge on any atom is -0.385 e. The Bertz CT molecular complexity index is 355. The molecule has 1 atom stereocenters. The lowest BCUT2D eigenvalue weighted by molar-refractivity contribution is 0.200. The molecule has 1 aromatic heterocycles. The van der Waals surface area contributed by atoms with E-state index in [1.54, 1.807) is 18.4 Å². The second-order valence-corrected chi connectivity index (χ2v) is 7.41. The van der Waals surface area contributed by atoms with Gasteiger partial charge in [-0.05, 0) is 11.8 Å². The van der Waals surface area contributed by atoms with Gasteiger partial charge in [0, 0.05) is 30.5 Å². The van der Waals surface area contributed by atoms with Crippen molar-refractivity contribution in [3.63, 3.8) is 0 Å². The fraction of sp³-hybridized carbons (Fsp3) is 0.727. The average molecular weight is 261 g/mol. The van der Waals surface area contributed by atoms with Gasteiger partial charge in [-0.2, -0.15) is 0 Å². The smallest absolute Gasteiger partial charge is 0.180 e. The molecule has 0 N–H and O–H groups in total. The highest BCUT2D eigenvalue weighted by Gasteiger charge is 2.18. The second-order valence-electron chi connectivity index (χ2n) is 4.64. The van der Waals surface area contributed by atoms with Crippen LogP contribution in [0.15, 0.2) is 10.5 Å². The zero-order valence-corrected chi connectivity index (χ0v) is 11.9. The van der Waals surface area contributed by atoms with Crippen molar-refractivity contribution in [2.45, 2.75) is 36.9 Å². The van der Waals surface area contributed by atoms with Gasteiger partial charge in [0.25, 0.3) is 0 Å². The summed E-state index contributed by atoms with van der Waals surface area (Å²) in [6.07, 6.45) is 2.65. The molecule has 3 nitrogen and oxygen atoms in total. The topological polar surface area (TPSA) is 39.2 Å². The molecule has 0 saturated carbocycles. The van der Waals surface area contributed by atoms with E-state index >= 15 is 0 Å². The van der Waals surface area contributed by atoms with Crippen LogP contribution in [0.1, 0.15) is 32.1 Å². The predicted molar refractivity (Wildman–Crippen MR) is 68.6 cm³/mol. The molecular weight excluding hydrogens is 242 g/mol. The summed E-state index contributed by atoms with van der Waals surface area (Å²) in [5.41, 5.74) is 0.0899. The zero-order valence-electron chi connectivity index (χ0n) is 10.3. The standard InChI is InChI=1S/C11H19NO2S2/c1-11(2,3)9-8-12-10(15-9)16(13)7-5-6-14-4/h8H,5-7H2,1-4H3. The fourth-order valence-corrected chi connectivity index (χ4v) is 3.45. The van der Waals surface area contributed by atoms with Crippen molar-refractivity contribution in [3.8, 4) is 0 Å². The minimum absolute atomic E-state index is 0.0899. The van der Waals surface area contributed by atoms with E-state index in [1.807, 2.05) is 6.20 Å². The molecule has 0 saturated heterocycles. The second kappa shape index (κ2) is 5.89. The lowest BCUT2D eigenvalue weighted by Crippen LogP contribution is -2.07. The number of hydrogen-bond acceptors (Lipinski definition) is 4. The lowest BCUT2D eigenvalue weighted by Gasteiger charge is -2.14. The van der Waals surface area contributed by atoms with Crippen molar-refractivity contribution in [1.82, 2.24) is 4.98 Å². The molecule has 1 heterocycles. The summed E-state index contributed by atoms with van der Waals surface area (Å²) in [5, 5.41) is 0. The van der Waals surface area contributed by atoms with E-state index in [0.29, 0.717) is 12.4 Å². The van der Waals surface area contributed by atoms with Crippen LogP contribution in [0.2, 0.25) is 0 Å². The van der Waals surface area contributed by atoms with E-state index in [2.05, 4.69) is 25.8 Å². The van der Waals surface area contributed by atoms with Crippen molar-refractivity contribution in [3.05, 3.63) is 11.1 Å². The maximum Gasteiger partial charge on any atom is 0.180 e. The summed E-state index contributed by atoms with van der Waals surface area (Å²) in [4.78, 5) is 5.42. The Hall–Kier alpha value is -0.260. The van der Waals surface area contributed by atoms with E-state index in [0.717, 1.165) is 10.8 Å². The van der Waals surface area contributed by atoms with Crippen molar-refractivity contribution >= 4 is 22.1 Å². The first-order chi connectivity index (χ1) is 7.45. The molecule has 0 spiro atoms. The number of rotatable bonds is 5. The molecule has 0 aliphatic carbocycles. The maximum atomic E-state index is 11.9. The highest BCUT2D eigenvalue weighted by molar-refractivity contribution is 7.87. The molecule has 1 aromatic rings. The van der Waals surface area contributed by atoms with E-state index < -0.39 is 10.8 Å². The summed E-state index contributed by atoms with van der Waals surface area (Å²) < 4.78 is 17.5. The molecule has 0 radical (unpaired) electrons. The van der Waals surface area contributed by atoms with Gasteiger partial charge >= 0.3 is 0 Å². The Morgan fingerprint density at radius 1 is 1.50 bits per heavy atom. The molecule has 0 amide bonds. The molecule has 0 aliphatic heterocycles. The van der Waals surface area contributed by atoms with Crippen LogP contribution >= 0.6 is 11.3 Å². The van der Waals surface area contributed by atoms with Crippen LogP contribution in [0, 0.1) is 0 Å². The predicted octanol–water partition coefficient (Wildman–Crippen LogP) is 2.58. The number of ether oxygens (including phenoxy) is 1. The van der Waals surface area contributed by atoms with Gasteiger partial charge in [0.1, 0.15) is 0 Å². The quantitative estimate of drug-likeness (QED) is 0.765. The Kier molecular flexibility index (Phi) is 5.08. The van der Waals surface area contributed by atoms with Gasteiger partial charge in [0.2, 0.25) is 0 Å². The molecular formula is C11H19NO2S2. The number of aromatic nitrogens is 1. The van der Waals surface area contributed by atoms with Gasteiger partial charge in [-0.3, -0.25) is 4.21 Å². The van der Waals surface area contributed by atoms with Crippen LogP contribution in [-0.4, -0.2) is 28.7 Å². The van der Waals surface area contributed by atoms with Crippen molar-refractivity contribution in [2.75, 3.05) is 19.5 Å². The summed E-state index contributed by atoms with van der Waals surface area (Å²) in [6.45, 7) is 7.07. The van der Waals surface area contributed by atoms with Crippen LogP contribution in [0.5, 0.6) is 0 Å². The summed E-state index contributed by atoms with van der Waals surface area (Å²) in [7, 11) is 0.685. The lowest BCUT2D eigenvalue weighted by atomic mass is 9.96. The first-order valence-corrected chi connectivity index (χ1v) is 7.42. The van der Waals surface area contributed by atoms with Crippen LogP contribution in [0.3, 0.4) is 0 Å². The number of hydrogen-bond donors (Lipinski definition) is 0. The van der Waals surface area contributed by atoms with E-state index in [-0.39, 0.29) is 5.41 Å². The van der Waals surface area contributed by atoms with Gasteiger partial charge in [0.15, 0.2) is 4.34 Å². The summed E-state index contributed by atoms with van der Waals surface area (Å²) in [6, 6.07) is 0. The molecule has 16 heavy (non-hydrogen) atoms. The Morgan fingerprint density at radius 3 is 2.69 bits per heavy atom. The highest BCUT2D eigenvalue weighted by atomic mass is 32.2. The van der Waals surface area contributed by atoms with Gasteiger partial charge in [-0.25, -0.2) is 4.98 Å². The third-order valence-electron chi connectivity index (χ3n) is 2.10. The Balaban J connectivity index is 2.60. The summed E-state index contributed by atoms with van der Waals surface area (Å²) in [5.74, 6) is 0.630. The van der Waals surface area contributed by atoms with Crippen LogP contribution in [0.4, 0.5) is 0 Å². The zero-order chi connectivity index (χ0) is 12.2. The third-order valence-corrected chi connectivity index (χ3v) is 5.28. The molecule has 92 valence electrons. The van der Waals surface area contributed by atoms with E-state index in [4.69, 9.17) is 4.74 Å². The van der Waals surface area contributed by atoms with Gasteiger partial charge in [-0.1, -0.05) is 20.8 Å². The Labute approximate surface area is 104 Å². The molecule has 0 bridgehead atoms. The molecule has 5 heteroatoms. The third kappa shape index (κ3) is 3.96. The largest absolute Gasteiger partial charge is 0.385 e. The fourth-order valence-electron chi connectivity index (χ4n) is 1.13. The molecule has 1 rings (SSSR count). The summed E-state index contributed by atoms with van der Waals surface area (Å²) >= 11 is 1.55. The molecule has 0 fully saturated rings. The number of thiazole rings is 1. The highest BCUT2D eigenvalue weighted by Crippen LogP contribution is 2.29. The van der Waals surface area contributed by atoms with Crippen LogP contribution in [-0.2, 0) is 21.0 Å². The monoisotopic (exact) mass is 261 g/mol. The van der Waals surface area contributed by atoms with Crippen molar-refractivity contribution in [1.29, 1.82) is 0 Å². The van der Waals surface area contributed by atoms with Crippen molar-refractivity contribution in [2.24, 2.45) is 0 Å². The Morgan fingerprint density at radius 2 is 2.19 bits per heavy atom. The minimum atomic E-state index is -0.971. The van der Waals surface area contributed by atoms with Gasteiger partial charge in [-0.15, -0.1) is 11.3 Å². The normalized spacial score (nSPS) is 14.0. The van der Waals surface area contributed by atoms with Gasteiger partial charge in [0.05, 0.1) is 10.8 Å². The van der Waals surface area contributed by atoms with Gasteiger partial charge < -0.3 is 4.74 Å².